The van der Waals surface area contributed by atoms with Gasteiger partial charge in [0.2, 0.25) is 5.13 Å². The van der Waals surface area contributed by atoms with Crippen LogP contribution < -0.4 is 33.8 Å². The van der Waals surface area contributed by atoms with E-state index in [9.17, 15) is 24.0 Å². The Hall–Kier alpha value is -7.95. The van der Waals surface area contributed by atoms with E-state index in [0.29, 0.717) is 157 Å². The summed E-state index contributed by atoms with van der Waals surface area (Å²) in [5.74, 6) is -1.02. The summed E-state index contributed by atoms with van der Waals surface area (Å²) in [6.07, 6.45) is 7.52. The number of hydrazone groups is 1. The number of carbonyl (C=O) groups is 5. The van der Waals surface area contributed by atoms with Gasteiger partial charge in [-0.2, -0.15) is 5.10 Å². The average Bonchev–Trinajstić information content (AvgIpc) is 3.97. The summed E-state index contributed by atoms with van der Waals surface area (Å²) < 4.78 is 67.6. The monoisotopic (exact) mass is 1150 g/mol. The molecule has 20 nitrogen and oxygen atoms in total. The first-order chi connectivity index (χ1) is 40.0. The standard InChI is InChI=1S/C61H69N3O17S/c1-4-42(3)74-36-32-70-28-29-71-33-37-75-48-18-22-50(23-19-48)78-57(66)43-10-12-45(13-11-43)59(68)80-52-26-27-54(47(40-52)41-62-64-61-63-53-8-6-7-9-55(53)82-61)81-60(69)46-16-14-44(15-17-46)58(67)79-51-24-20-49(21-25-51)76-38-34-72-30-31-73-35-39-77-56(65)5-2/h4-9,18-27,40-41,43-46H,1-3,10-17,28-39H2,(H,63,64)/b62-41+. The summed E-state index contributed by atoms with van der Waals surface area (Å²) in [6.45, 7) is 14.6. The molecule has 436 valence electrons. The Kier molecular flexibility index (Phi) is 25.4. The molecule has 2 fully saturated rings. The van der Waals surface area contributed by atoms with E-state index in [-0.39, 0.29) is 42.6 Å². The molecule has 0 atom stereocenters. The smallest absolute Gasteiger partial charge is 0.330 e. The van der Waals surface area contributed by atoms with Gasteiger partial charge in [0, 0.05) is 11.6 Å². The summed E-state index contributed by atoms with van der Waals surface area (Å²) in [7, 11) is 0. The minimum Gasteiger partial charge on any atom is -0.492 e. The van der Waals surface area contributed by atoms with Gasteiger partial charge in [-0.1, -0.05) is 43.2 Å². The molecular formula is C61H69N3O17S. The molecule has 0 aliphatic heterocycles. The van der Waals surface area contributed by atoms with E-state index in [1.165, 1.54) is 23.6 Å². The molecule has 7 rings (SSSR count). The minimum absolute atomic E-state index is 0.139. The molecule has 2 aliphatic carbocycles. The van der Waals surface area contributed by atoms with E-state index < -0.39 is 35.7 Å². The summed E-state index contributed by atoms with van der Waals surface area (Å²) >= 11 is 1.42. The molecule has 0 spiro atoms. The maximum Gasteiger partial charge on any atom is 0.330 e. The van der Waals surface area contributed by atoms with Crippen LogP contribution in [0.3, 0.4) is 0 Å². The van der Waals surface area contributed by atoms with Crippen molar-refractivity contribution >= 4 is 62.7 Å². The van der Waals surface area contributed by atoms with Crippen LogP contribution in [0.4, 0.5) is 5.13 Å². The van der Waals surface area contributed by atoms with Crippen LogP contribution in [0.2, 0.25) is 0 Å². The van der Waals surface area contributed by atoms with Crippen molar-refractivity contribution in [1.82, 2.24) is 4.98 Å². The van der Waals surface area contributed by atoms with E-state index in [0.717, 1.165) is 16.3 Å². The lowest BCUT2D eigenvalue weighted by atomic mass is 9.82. The maximum absolute atomic E-state index is 13.7. The normalized spacial score (nSPS) is 16.8. The van der Waals surface area contributed by atoms with Crippen LogP contribution in [0.1, 0.15) is 56.9 Å². The number of carbonyl (C=O) groups excluding carboxylic acids is 5. The highest BCUT2D eigenvalue weighted by molar-refractivity contribution is 7.22. The number of benzene rings is 4. The van der Waals surface area contributed by atoms with Gasteiger partial charge in [-0.3, -0.25) is 24.6 Å². The maximum atomic E-state index is 13.7. The van der Waals surface area contributed by atoms with Crippen LogP contribution in [-0.2, 0) is 52.4 Å². The van der Waals surface area contributed by atoms with Crippen molar-refractivity contribution in [3.8, 4) is 34.5 Å². The van der Waals surface area contributed by atoms with E-state index in [1.807, 2.05) is 24.3 Å². The zero-order chi connectivity index (χ0) is 57.7. The van der Waals surface area contributed by atoms with Gasteiger partial charge in [-0.25, -0.2) is 9.78 Å². The lowest BCUT2D eigenvalue weighted by molar-refractivity contribution is -0.145. The fourth-order valence-corrected chi connectivity index (χ4v) is 9.44. The number of para-hydroxylation sites is 1. The van der Waals surface area contributed by atoms with Crippen molar-refractivity contribution in [3.63, 3.8) is 0 Å². The molecule has 0 amide bonds. The highest BCUT2D eigenvalue weighted by Crippen LogP contribution is 2.35. The second kappa shape index (κ2) is 33.7. The molecule has 2 saturated carbocycles. The topological polar surface area (TPSA) is 233 Å². The minimum atomic E-state index is -0.500. The van der Waals surface area contributed by atoms with Gasteiger partial charge in [0.05, 0.1) is 93.0 Å². The highest BCUT2D eigenvalue weighted by atomic mass is 32.1. The Balaban J connectivity index is 0.828. The SMILES string of the molecule is C=CC(=C)OCCOCCOCCOc1ccc(OC(=O)C2CCC(C(=O)Oc3ccc(OC(=O)C4CCC(C(=O)Oc5ccc(OCCOCCOCCOC(=O)C=C)cc5)CC4)c(/C=N/Nc4nc5ccccc5s4)c3)CC2)cc1. The summed E-state index contributed by atoms with van der Waals surface area (Å²) in [4.78, 5) is 69.2. The fourth-order valence-electron chi connectivity index (χ4n) is 8.62. The second-order valence-electron chi connectivity index (χ2n) is 18.8. The van der Waals surface area contributed by atoms with Crippen LogP contribution in [0.5, 0.6) is 34.5 Å². The largest absolute Gasteiger partial charge is 0.492 e. The van der Waals surface area contributed by atoms with Gasteiger partial charge in [-0.05, 0) is 136 Å². The van der Waals surface area contributed by atoms with Crippen molar-refractivity contribution in [1.29, 1.82) is 0 Å². The molecule has 0 saturated heterocycles. The quantitative estimate of drug-likeness (QED) is 0.00590. The number of nitrogens with zero attached hydrogens (tertiary/aromatic N) is 2. The zero-order valence-corrected chi connectivity index (χ0v) is 46.5. The number of esters is 5. The molecule has 0 radical (unpaired) electrons. The van der Waals surface area contributed by atoms with Gasteiger partial charge in [-0.15, -0.1) is 0 Å². The average molecular weight is 1150 g/mol. The highest BCUT2D eigenvalue weighted by Gasteiger charge is 2.34. The molecule has 4 aromatic carbocycles. The van der Waals surface area contributed by atoms with Crippen LogP contribution in [-0.4, -0.2) is 120 Å². The number of fused-ring (bicyclic) bond motifs is 1. The first kappa shape index (κ1) is 61.7. The Bertz CT molecular complexity index is 2880. The van der Waals surface area contributed by atoms with E-state index in [1.54, 1.807) is 66.7 Å². The number of aromatic nitrogens is 1. The third-order valence-corrected chi connectivity index (χ3v) is 14.0. The predicted molar refractivity (Wildman–Crippen MR) is 304 cm³/mol. The van der Waals surface area contributed by atoms with Crippen molar-refractivity contribution in [2.75, 3.05) is 84.7 Å². The Morgan fingerprint density at radius 2 is 0.939 bits per heavy atom. The second-order valence-corrected chi connectivity index (χ2v) is 19.8. The first-order valence-corrected chi connectivity index (χ1v) is 28.0. The molecule has 1 heterocycles. The number of nitrogens with one attached hydrogen (secondary N) is 1. The molecule has 1 aromatic heterocycles. The molecule has 1 N–H and O–H groups in total. The molecule has 21 heteroatoms. The third kappa shape index (κ3) is 20.9. The van der Waals surface area contributed by atoms with Gasteiger partial charge in [0.1, 0.15) is 66.7 Å². The molecule has 0 unspecified atom stereocenters. The summed E-state index contributed by atoms with van der Waals surface area (Å²) in [6, 6.07) is 25.9. The van der Waals surface area contributed by atoms with Crippen LogP contribution >= 0.6 is 11.3 Å². The van der Waals surface area contributed by atoms with Gasteiger partial charge >= 0.3 is 29.8 Å². The van der Waals surface area contributed by atoms with Gasteiger partial charge < -0.3 is 56.8 Å². The van der Waals surface area contributed by atoms with E-state index >= 15 is 0 Å². The number of allylic oxidation sites excluding steroid dienone is 1. The molecule has 0 bridgehead atoms. The molecule has 5 aromatic rings. The number of ether oxygens (including phenoxy) is 12. The van der Waals surface area contributed by atoms with E-state index in [4.69, 9.17) is 56.8 Å². The zero-order valence-electron chi connectivity index (χ0n) is 45.7. The van der Waals surface area contributed by atoms with Crippen LogP contribution in [0.15, 0.2) is 134 Å². The Morgan fingerprint density at radius 3 is 1.43 bits per heavy atom. The lowest BCUT2D eigenvalue weighted by Crippen LogP contribution is -2.30. The number of rotatable bonds is 34. The third-order valence-electron chi connectivity index (χ3n) is 13.1. The number of anilines is 1. The molecular weight excluding hydrogens is 1080 g/mol. The first-order valence-electron chi connectivity index (χ1n) is 27.2. The van der Waals surface area contributed by atoms with Crippen molar-refractivity contribution in [2.24, 2.45) is 28.8 Å². The Labute approximate surface area is 480 Å². The fraction of sp³-hybridized carbons (Fsp3) is 0.393. The van der Waals surface area contributed by atoms with Gasteiger partial charge in [0.25, 0.3) is 0 Å². The van der Waals surface area contributed by atoms with Crippen molar-refractivity contribution in [2.45, 2.75) is 51.4 Å². The summed E-state index contributed by atoms with van der Waals surface area (Å²) in [5.41, 5.74) is 4.13. The summed E-state index contributed by atoms with van der Waals surface area (Å²) in [5, 5.41) is 4.95. The number of hydrogen-bond donors (Lipinski definition) is 1. The number of hydrogen-bond acceptors (Lipinski definition) is 21. The van der Waals surface area contributed by atoms with Crippen molar-refractivity contribution < 1.29 is 80.8 Å². The van der Waals surface area contributed by atoms with Crippen LogP contribution in [0, 0.1) is 23.7 Å². The lowest BCUT2D eigenvalue weighted by Gasteiger charge is -2.26. The molecule has 82 heavy (non-hydrogen) atoms. The molecule has 2 aliphatic rings. The van der Waals surface area contributed by atoms with Gasteiger partial charge in [0.15, 0.2) is 0 Å². The number of thiazole rings is 1. The predicted octanol–water partition coefficient (Wildman–Crippen LogP) is 9.65. The van der Waals surface area contributed by atoms with Crippen molar-refractivity contribution in [3.05, 3.63) is 134 Å². The van der Waals surface area contributed by atoms with E-state index in [2.05, 4.69) is 35.2 Å². The van der Waals surface area contributed by atoms with Crippen LogP contribution in [0.25, 0.3) is 10.2 Å². The Morgan fingerprint density at radius 1 is 0.512 bits per heavy atom.